The molecular weight excluding hydrogens is 256 g/mol. The molecular formula is C14H22N4O2. The van der Waals surface area contributed by atoms with Gasteiger partial charge in [-0.3, -0.25) is 14.3 Å². The highest BCUT2D eigenvalue weighted by atomic mass is 16.2. The quantitative estimate of drug-likeness (QED) is 0.891. The average molecular weight is 278 g/mol. The highest BCUT2D eigenvalue weighted by Gasteiger charge is 2.33. The lowest BCUT2D eigenvalue weighted by Crippen LogP contribution is -2.57. The summed E-state index contributed by atoms with van der Waals surface area (Å²) in [7, 11) is 0. The second-order valence-corrected chi connectivity index (χ2v) is 5.08. The van der Waals surface area contributed by atoms with Crippen LogP contribution in [0.1, 0.15) is 42.9 Å². The van der Waals surface area contributed by atoms with Gasteiger partial charge in [0.05, 0.1) is 5.69 Å². The minimum Gasteiger partial charge on any atom is -0.353 e. The van der Waals surface area contributed by atoms with Crippen LogP contribution in [0.25, 0.3) is 0 Å². The third kappa shape index (κ3) is 2.69. The van der Waals surface area contributed by atoms with E-state index in [-0.39, 0.29) is 17.9 Å². The monoisotopic (exact) mass is 278 g/mol. The Morgan fingerprint density at radius 1 is 1.50 bits per heavy atom. The summed E-state index contributed by atoms with van der Waals surface area (Å²) in [6, 6.07) is 1.43. The molecule has 0 saturated carbocycles. The third-order valence-electron chi connectivity index (χ3n) is 3.57. The van der Waals surface area contributed by atoms with E-state index in [1.807, 2.05) is 20.8 Å². The van der Waals surface area contributed by atoms with Crippen LogP contribution in [-0.2, 0) is 11.3 Å². The molecule has 2 rings (SSSR count). The van der Waals surface area contributed by atoms with Gasteiger partial charge < -0.3 is 10.2 Å². The molecule has 110 valence electrons. The van der Waals surface area contributed by atoms with Crippen LogP contribution in [-0.4, -0.2) is 45.6 Å². The molecule has 1 saturated heterocycles. The molecule has 1 aromatic heterocycles. The fraction of sp³-hybridized carbons (Fsp3) is 0.643. The Bertz CT molecular complexity index is 509. The molecule has 20 heavy (non-hydrogen) atoms. The van der Waals surface area contributed by atoms with Crippen molar-refractivity contribution >= 4 is 11.8 Å². The molecule has 0 aliphatic carbocycles. The van der Waals surface area contributed by atoms with E-state index in [0.29, 0.717) is 31.7 Å². The van der Waals surface area contributed by atoms with Crippen molar-refractivity contribution in [1.82, 2.24) is 20.0 Å². The summed E-state index contributed by atoms with van der Waals surface area (Å²) in [5.41, 5.74) is 1.39. The molecule has 0 radical (unpaired) electrons. The standard InChI is InChI=1S/C14H22N4O2/c1-4-6-11-13(19)15-7-8-17(11)14(20)12-9-10(3)16-18(12)5-2/h9,11H,4-8H2,1-3H3,(H,15,19)/t11-/m1/s1. The number of hydrogen-bond donors (Lipinski definition) is 1. The molecule has 1 N–H and O–H groups in total. The number of nitrogens with one attached hydrogen (secondary N) is 1. The molecule has 0 unspecified atom stereocenters. The van der Waals surface area contributed by atoms with Gasteiger partial charge in [-0.15, -0.1) is 0 Å². The molecule has 1 aliphatic heterocycles. The van der Waals surface area contributed by atoms with Crippen LogP contribution in [0.4, 0.5) is 0 Å². The van der Waals surface area contributed by atoms with Gasteiger partial charge in [0, 0.05) is 19.6 Å². The summed E-state index contributed by atoms with van der Waals surface area (Å²) in [5.74, 6) is -0.147. The number of aromatic nitrogens is 2. The number of hydrogen-bond acceptors (Lipinski definition) is 3. The summed E-state index contributed by atoms with van der Waals surface area (Å²) < 4.78 is 1.70. The van der Waals surface area contributed by atoms with Gasteiger partial charge in [-0.2, -0.15) is 5.10 Å². The van der Waals surface area contributed by atoms with Crippen molar-refractivity contribution in [1.29, 1.82) is 0 Å². The normalized spacial score (nSPS) is 19.1. The average Bonchev–Trinajstić information content (AvgIpc) is 2.81. The molecule has 0 spiro atoms. The predicted molar refractivity (Wildman–Crippen MR) is 75.4 cm³/mol. The van der Waals surface area contributed by atoms with E-state index in [4.69, 9.17) is 0 Å². The molecule has 1 aromatic rings. The van der Waals surface area contributed by atoms with Crippen LogP contribution in [0, 0.1) is 6.92 Å². The van der Waals surface area contributed by atoms with Gasteiger partial charge in [0.2, 0.25) is 5.91 Å². The first-order chi connectivity index (χ1) is 9.58. The minimum absolute atomic E-state index is 0.0502. The first-order valence-electron chi connectivity index (χ1n) is 7.21. The Morgan fingerprint density at radius 3 is 2.90 bits per heavy atom. The summed E-state index contributed by atoms with van der Waals surface area (Å²) in [4.78, 5) is 26.4. The number of amides is 2. The number of nitrogens with zero attached hydrogens (tertiary/aromatic N) is 3. The van der Waals surface area contributed by atoms with Crippen LogP contribution in [0.2, 0.25) is 0 Å². The molecule has 0 aromatic carbocycles. The topological polar surface area (TPSA) is 67.2 Å². The van der Waals surface area contributed by atoms with Gasteiger partial charge >= 0.3 is 0 Å². The maximum absolute atomic E-state index is 12.7. The molecule has 1 fully saturated rings. The van der Waals surface area contributed by atoms with E-state index in [2.05, 4.69) is 10.4 Å². The third-order valence-corrected chi connectivity index (χ3v) is 3.57. The van der Waals surface area contributed by atoms with E-state index in [1.54, 1.807) is 15.6 Å². The van der Waals surface area contributed by atoms with E-state index in [9.17, 15) is 9.59 Å². The predicted octanol–water partition coefficient (Wildman–Crippen LogP) is 0.952. The Hall–Kier alpha value is -1.85. The lowest BCUT2D eigenvalue weighted by molar-refractivity contribution is -0.128. The van der Waals surface area contributed by atoms with Gasteiger partial charge in [-0.1, -0.05) is 13.3 Å². The van der Waals surface area contributed by atoms with Gasteiger partial charge in [-0.25, -0.2) is 0 Å². The smallest absolute Gasteiger partial charge is 0.272 e. The highest BCUT2D eigenvalue weighted by molar-refractivity contribution is 5.97. The molecule has 1 atom stereocenters. The van der Waals surface area contributed by atoms with Crippen molar-refractivity contribution in [2.75, 3.05) is 13.1 Å². The van der Waals surface area contributed by atoms with Crippen LogP contribution in [0.5, 0.6) is 0 Å². The molecule has 6 nitrogen and oxygen atoms in total. The van der Waals surface area contributed by atoms with Crippen molar-refractivity contribution in [3.05, 3.63) is 17.5 Å². The molecule has 1 aliphatic rings. The number of carbonyl (C=O) groups is 2. The van der Waals surface area contributed by atoms with Crippen LogP contribution in [0.3, 0.4) is 0 Å². The van der Waals surface area contributed by atoms with E-state index < -0.39 is 0 Å². The summed E-state index contributed by atoms with van der Waals surface area (Å²) >= 11 is 0. The lowest BCUT2D eigenvalue weighted by Gasteiger charge is -2.35. The van der Waals surface area contributed by atoms with Gasteiger partial charge in [0.15, 0.2) is 0 Å². The van der Waals surface area contributed by atoms with Crippen LogP contribution in [0.15, 0.2) is 6.07 Å². The van der Waals surface area contributed by atoms with Crippen LogP contribution >= 0.6 is 0 Å². The Labute approximate surface area is 119 Å². The van der Waals surface area contributed by atoms with Crippen molar-refractivity contribution in [3.63, 3.8) is 0 Å². The van der Waals surface area contributed by atoms with Crippen molar-refractivity contribution < 1.29 is 9.59 Å². The summed E-state index contributed by atoms with van der Waals surface area (Å²) in [6.45, 7) is 7.57. The SMILES string of the molecule is CCC[C@@H]1C(=O)NCCN1C(=O)c1cc(C)nn1CC. The van der Waals surface area contributed by atoms with Crippen LogP contribution < -0.4 is 5.32 Å². The number of aryl methyl sites for hydroxylation is 2. The Balaban J connectivity index is 2.27. The zero-order valence-corrected chi connectivity index (χ0v) is 12.3. The second-order valence-electron chi connectivity index (χ2n) is 5.08. The molecule has 0 bridgehead atoms. The van der Waals surface area contributed by atoms with Crippen molar-refractivity contribution in [2.45, 2.75) is 46.2 Å². The number of rotatable bonds is 4. The fourth-order valence-electron chi connectivity index (χ4n) is 2.62. The van der Waals surface area contributed by atoms with Gasteiger partial charge in [0.25, 0.3) is 5.91 Å². The van der Waals surface area contributed by atoms with E-state index in [1.165, 1.54) is 0 Å². The Kier molecular flexibility index (Phi) is 4.42. The van der Waals surface area contributed by atoms with Crippen molar-refractivity contribution in [2.24, 2.45) is 0 Å². The van der Waals surface area contributed by atoms with Gasteiger partial charge in [0.1, 0.15) is 11.7 Å². The number of piperazine rings is 1. The highest BCUT2D eigenvalue weighted by Crippen LogP contribution is 2.16. The second kappa shape index (κ2) is 6.07. The minimum atomic E-state index is -0.359. The zero-order valence-electron chi connectivity index (χ0n) is 12.3. The molecule has 2 amide bonds. The lowest BCUT2D eigenvalue weighted by atomic mass is 10.1. The molecule has 6 heteroatoms. The first-order valence-corrected chi connectivity index (χ1v) is 7.21. The first kappa shape index (κ1) is 14.6. The van der Waals surface area contributed by atoms with E-state index in [0.717, 1.165) is 12.1 Å². The van der Waals surface area contributed by atoms with E-state index >= 15 is 0 Å². The van der Waals surface area contributed by atoms with Crippen molar-refractivity contribution in [3.8, 4) is 0 Å². The number of carbonyl (C=O) groups excluding carboxylic acids is 2. The largest absolute Gasteiger partial charge is 0.353 e. The maximum atomic E-state index is 12.7. The summed E-state index contributed by atoms with van der Waals surface area (Å²) in [5, 5.41) is 7.14. The zero-order chi connectivity index (χ0) is 14.7. The fourth-order valence-corrected chi connectivity index (χ4v) is 2.62. The maximum Gasteiger partial charge on any atom is 0.272 e. The molecule has 2 heterocycles. The van der Waals surface area contributed by atoms with Gasteiger partial charge in [-0.05, 0) is 26.3 Å². The Morgan fingerprint density at radius 2 is 2.25 bits per heavy atom. The summed E-state index contributed by atoms with van der Waals surface area (Å²) in [6.07, 6.45) is 1.56.